The van der Waals surface area contributed by atoms with Gasteiger partial charge in [-0.3, -0.25) is 9.69 Å². The van der Waals surface area contributed by atoms with Crippen LogP contribution in [0.4, 0.5) is 4.39 Å². The molecule has 174 valence electrons. The Hall–Kier alpha value is -2.68. The summed E-state index contributed by atoms with van der Waals surface area (Å²) in [6.45, 7) is 5.54. The lowest BCUT2D eigenvalue weighted by Gasteiger charge is -2.44. The summed E-state index contributed by atoms with van der Waals surface area (Å²) in [5.74, 6) is 0.410. The van der Waals surface area contributed by atoms with E-state index in [-0.39, 0.29) is 30.4 Å². The van der Waals surface area contributed by atoms with Gasteiger partial charge in [-0.15, -0.1) is 0 Å². The minimum atomic E-state index is -1.01. The van der Waals surface area contributed by atoms with Crippen LogP contribution in [0.5, 0.6) is 11.5 Å². The van der Waals surface area contributed by atoms with Crippen molar-refractivity contribution >= 4 is 5.91 Å². The molecular formula is C24H31FN2O5. The van der Waals surface area contributed by atoms with Crippen LogP contribution in [0.1, 0.15) is 31.1 Å². The van der Waals surface area contributed by atoms with Crippen LogP contribution < -0.4 is 9.47 Å². The number of amides is 1. The molecule has 0 radical (unpaired) electrons. The summed E-state index contributed by atoms with van der Waals surface area (Å²) < 4.78 is 24.2. The molecule has 2 N–H and O–H groups in total. The molecule has 2 aromatic carbocycles. The second kappa shape index (κ2) is 10.8. The van der Waals surface area contributed by atoms with Gasteiger partial charge in [-0.25, -0.2) is 4.39 Å². The number of benzene rings is 2. The SMILES string of the molecule is COc1cc(C(O)CO)ccc1OCC(=O)N1CC(C)N(Cc2ccc(F)cc2)CC1C. The fraction of sp³-hybridized carbons (Fsp3) is 0.458. The summed E-state index contributed by atoms with van der Waals surface area (Å²) in [5, 5.41) is 18.9. The van der Waals surface area contributed by atoms with Crippen molar-refractivity contribution in [1.82, 2.24) is 9.80 Å². The molecule has 0 saturated carbocycles. The zero-order valence-electron chi connectivity index (χ0n) is 18.7. The van der Waals surface area contributed by atoms with Crippen molar-refractivity contribution in [2.45, 2.75) is 38.6 Å². The first-order chi connectivity index (χ1) is 15.3. The molecule has 0 spiro atoms. The van der Waals surface area contributed by atoms with E-state index in [1.807, 2.05) is 11.8 Å². The van der Waals surface area contributed by atoms with Crippen LogP contribution in [0.15, 0.2) is 42.5 Å². The Bertz CT molecular complexity index is 908. The van der Waals surface area contributed by atoms with Crippen LogP contribution in [0.25, 0.3) is 0 Å². The highest BCUT2D eigenvalue weighted by atomic mass is 19.1. The van der Waals surface area contributed by atoms with Gasteiger partial charge in [0.25, 0.3) is 5.91 Å². The second-order valence-corrected chi connectivity index (χ2v) is 8.20. The summed E-state index contributed by atoms with van der Waals surface area (Å²) in [7, 11) is 1.48. The molecule has 0 aromatic heterocycles. The van der Waals surface area contributed by atoms with Crippen molar-refractivity contribution in [3.8, 4) is 11.5 Å². The Morgan fingerprint density at radius 1 is 1.12 bits per heavy atom. The van der Waals surface area contributed by atoms with Gasteiger partial charge in [-0.05, 0) is 49.2 Å². The lowest BCUT2D eigenvalue weighted by Crippen LogP contribution is -2.58. The smallest absolute Gasteiger partial charge is 0.260 e. The normalized spacial score (nSPS) is 20.1. The largest absolute Gasteiger partial charge is 0.493 e. The maximum absolute atomic E-state index is 13.2. The highest BCUT2D eigenvalue weighted by molar-refractivity contribution is 5.78. The van der Waals surface area contributed by atoms with Gasteiger partial charge in [0, 0.05) is 31.7 Å². The van der Waals surface area contributed by atoms with E-state index in [0.717, 1.165) is 5.56 Å². The minimum absolute atomic E-state index is 0.00622. The summed E-state index contributed by atoms with van der Waals surface area (Å²) in [4.78, 5) is 17.0. The van der Waals surface area contributed by atoms with Gasteiger partial charge in [0.05, 0.1) is 13.7 Å². The van der Waals surface area contributed by atoms with E-state index in [2.05, 4.69) is 11.8 Å². The van der Waals surface area contributed by atoms with E-state index in [0.29, 0.717) is 36.7 Å². The zero-order chi connectivity index (χ0) is 23.3. The van der Waals surface area contributed by atoms with Crippen molar-refractivity contribution in [2.75, 3.05) is 33.4 Å². The van der Waals surface area contributed by atoms with E-state index >= 15 is 0 Å². The Morgan fingerprint density at radius 3 is 2.50 bits per heavy atom. The number of halogens is 1. The van der Waals surface area contributed by atoms with Crippen molar-refractivity contribution < 1.29 is 28.9 Å². The molecule has 3 unspecified atom stereocenters. The summed E-state index contributed by atoms with van der Waals surface area (Å²) in [6.07, 6.45) is -1.01. The average Bonchev–Trinajstić information content (AvgIpc) is 2.80. The number of aliphatic hydroxyl groups is 2. The first kappa shape index (κ1) is 24.0. The molecule has 0 bridgehead atoms. The zero-order valence-corrected chi connectivity index (χ0v) is 18.7. The number of carbonyl (C=O) groups excluding carboxylic acids is 1. The second-order valence-electron chi connectivity index (χ2n) is 8.20. The highest BCUT2D eigenvalue weighted by Crippen LogP contribution is 2.30. The van der Waals surface area contributed by atoms with Crippen LogP contribution in [-0.4, -0.2) is 71.4 Å². The number of aliphatic hydroxyl groups excluding tert-OH is 2. The molecule has 2 aromatic rings. The molecule has 32 heavy (non-hydrogen) atoms. The quantitative estimate of drug-likeness (QED) is 0.648. The number of piperazine rings is 1. The van der Waals surface area contributed by atoms with Crippen molar-refractivity contribution in [3.63, 3.8) is 0 Å². The molecule has 0 aliphatic carbocycles. The Balaban J connectivity index is 1.58. The highest BCUT2D eigenvalue weighted by Gasteiger charge is 2.32. The van der Waals surface area contributed by atoms with Gasteiger partial charge in [0.1, 0.15) is 11.9 Å². The van der Waals surface area contributed by atoms with Crippen LogP contribution in [0.2, 0.25) is 0 Å². The summed E-state index contributed by atoms with van der Waals surface area (Å²) in [6, 6.07) is 11.5. The lowest BCUT2D eigenvalue weighted by molar-refractivity contribution is -0.139. The number of hydrogen-bond donors (Lipinski definition) is 2. The first-order valence-electron chi connectivity index (χ1n) is 10.7. The predicted octanol–water partition coefficient (Wildman–Crippen LogP) is 2.36. The standard InChI is InChI=1S/C24H31FN2O5/c1-16-12-27(17(2)11-26(16)13-18-4-7-20(25)8-5-18)24(30)15-32-22-9-6-19(21(29)14-28)10-23(22)31-3/h4-10,16-17,21,28-29H,11-15H2,1-3H3. The monoisotopic (exact) mass is 446 g/mol. The third-order valence-corrected chi connectivity index (χ3v) is 5.83. The third-order valence-electron chi connectivity index (χ3n) is 5.83. The third kappa shape index (κ3) is 5.76. The maximum atomic E-state index is 13.2. The average molecular weight is 447 g/mol. The van der Waals surface area contributed by atoms with Gasteiger partial charge in [-0.1, -0.05) is 18.2 Å². The van der Waals surface area contributed by atoms with Crippen LogP contribution in [0.3, 0.4) is 0 Å². The fourth-order valence-electron chi connectivity index (χ4n) is 3.93. The van der Waals surface area contributed by atoms with E-state index in [9.17, 15) is 14.3 Å². The number of ether oxygens (including phenoxy) is 2. The van der Waals surface area contributed by atoms with Crippen LogP contribution in [-0.2, 0) is 11.3 Å². The van der Waals surface area contributed by atoms with Crippen molar-refractivity contribution in [1.29, 1.82) is 0 Å². The first-order valence-corrected chi connectivity index (χ1v) is 10.7. The van der Waals surface area contributed by atoms with Crippen molar-refractivity contribution in [2.24, 2.45) is 0 Å². The number of hydrogen-bond acceptors (Lipinski definition) is 6. The molecule has 7 nitrogen and oxygen atoms in total. The molecule has 1 aliphatic heterocycles. The Morgan fingerprint density at radius 2 is 1.84 bits per heavy atom. The molecule has 8 heteroatoms. The molecule has 1 saturated heterocycles. The van der Waals surface area contributed by atoms with Gasteiger partial charge < -0.3 is 24.6 Å². The van der Waals surface area contributed by atoms with Gasteiger partial charge in [-0.2, -0.15) is 0 Å². The summed E-state index contributed by atoms with van der Waals surface area (Å²) in [5.41, 5.74) is 1.54. The van der Waals surface area contributed by atoms with Crippen molar-refractivity contribution in [3.05, 3.63) is 59.4 Å². The van der Waals surface area contributed by atoms with Gasteiger partial charge in [0.15, 0.2) is 18.1 Å². The van der Waals surface area contributed by atoms with E-state index in [4.69, 9.17) is 14.6 Å². The fourth-order valence-corrected chi connectivity index (χ4v) is 3.93. The Labute approximate surface area is 188 Å². The molecule has 3 atom stereocenters. The maximum Gasteiger partial charge on any atom is 0.260 e. The molecule has 3 rings (SSSR count). The molecule has 1 aliphatic rings. The number of carbonyl (C=O) groups is 1. The number of methoxy groups -OCH3 is 1. The van der Waals surface area contributed by atoms with Crippen LogP contribution in [0, 0.1) is 5.82 Å². The lowest BCUT2D eigenvalue weighted by atomic mass is 10.1. The number of nitrogens with zero attached hydrogens (tertiary/aromatic N) is 2. The van der Waals surface area contributed by atoms with E-state index in [1.165, 1.54) is 19.2 Å². The van der Waals surface area contributed by atoms with Crippen LogP contribution >= 0.6 is 0 Å². The molecule has 1 heterocycles. The Kier molecular flexibility index (Phi) is 8.06. The van der Waals surface area contributed by atoms with E-state index < -0.39 is 12.7 Å². The molecular weight excluding hydrogens is 415 g/mol. The minimum Gasteiger partial charge on any atom is -0.493 e. The van der Waals surface area contributed by atoms with Gasteiger partial charge in [0.2, 0.25) is 0 Å². The number of rotatable bonds is 8. The summed E-state index contributed by atoms with van der Waals surface area (Å²) >= 11 is 0. The topological polar surface area (TPSA) is 82.5 Å². The van der Waals surface area contributed by atoms with Gasteiger partial charge >= 0.3 is 0 Å². The van der Waals surface area contributed by atoms with E-state index in [1.54, 1.807) is 30.3 Å². The predicted molar refractivity (Wildman–Crippen MR) is 118 cm³/mol. The molecule has 1 fully saturated rings. The molecule has 1 amide bonds.